The predicted molar refractivity (Wildman–Crippen MR) is 54.3 cm³/mol. The Morgan fingerprint density at radius 2 is 2.07 bits per heavy atom. The van der Waals surface area contributed by atoms with E-state index in [1.54, 1.807) is 6.92 Å². The van der Waals surface area contributed by atoms with Gasteiger partial charge in [-0.1, -0.05) is 6.07 Å². The van der Waals surface area contributed by atoms with E-state index in [0.29, 0.717) is 6.42 Å². The average Bonchev–Trinajstić information content (AvgIpc) is 2.42. The van der Waals surface area contributed by atoms with Crippen molar-refractivity contribution in [2.75, 3.05) is 0 Å². The van der Waals surface area contributed by atoms with E-state index in [9.17, 15) is 9.90 Å². The topological polar surface area (TPSA) is 68.9 Å². The fourth-order valence-corrected chi connectivity index (χ4v) is 1.55. The maximum atomic E-state index is 11.0. The van der Waals surface area contributed by atoms with Crippen molar-refractivity contribution in [3.8, 4) is 0 Å². The van der Waals surface area contributed by atoms with Crippen LogP contribution in [0.2, 0.25) is 0 Å². The van der Waals surface area contributed by atoms with E-state index in [2.05, 4.69) is 9.97 Å². The Balaban J connectivity index is 2.45. The zero-order chi connectivity index (χ0) is 10.1. The van der Waals surface area contributed by atoms with E-state index in [1.165, 1.54) is 0 Å². The molecule has 0 bridgehead atoms. The monoisotopic (exact) mass is 192 g/mol. The lowest BCUT2D eigenvalue weighted by molar-refractivity contribution is 0.195. The fourth-order valence-electron chi connectivity index (χ4n) is 1.55. The zero-order valence-corrected chi connectivity index (χ0v) is 7.87. The van der Waals surface area contributed by atoms with Gasteiger partial charge in [0.1, 0.15) is 0 Å². The number of aromatic nitrogens is 2. The van der Waals surface area contributed by atoms with Crippen molar-refractivity contribution < 1.29 is 5.11 Å². The van der Waals surface area contributed by atoms with E-state index >= 15 is 0 Å². The van der Waals surface area contributed by atoms with Crippen molar-refractivity contribution in [3.63, 3.8) is 0 Å². The van der Waals surface area contributed by atoms with Crippen LogP contribution in [-0.4, -0.2) is 21.2 Å². The van der Waals surface area contributed by atoms with E-state index in [4.69, 9.17) is 0 Å². The van der Waals surface area contributed by atoms with Gasteiger partial charge in [0.05, 0.1) is 17.1 Å². The molecule has 3 N–H and O–H groups in total. The Morgan fingerprint density at radius 3 is 2.79 bits per heavy atom. The molecule has 0 aliphatic carbocycles. The Labute approximate surface area is 80.6 Å². The molecule has 0 spiro atoms. The van der Waals surface area contributed by atoms with Crippen molar-refractivity contribution in [1.82, 2.24) is 9.97 Å². The summed E-state index contributed by atoms with van der Waals surface area (Å²) in [6, 6.07) is 5.61. The van der Waals surface area contributed by atoms with E-state index in [-0.39, 0.29) is 11.8 Å². The largest absolute Gasteiger partial charge is 0.393 e. The average molecular weight is 192 g/mol. The van der Waals surface area contributed by atoms with Crippen LogP contribution < -0.4 is 5.69 Å². The standard InChI is InChI=1S/C10H12N2O2/c1-6(13)4-7-2-3-8-9(5-7)12-10(14)11-8/h2-3,5-6,13H,4H2,1H3,(H2,11,12,14). The lowest BCUT2D eigenvalue weighted by atomic mass is 10.1. The smallest absolute Gasteiger partial charge is 0.323 e. The van der Waals surface area contributed by atoms with Gasteiger partial charge in [-0.15, -0.1) is 0 Å². The Hall–Kier alpha value is -1.55. The van der Waals surface area contributed by atoms with Gasteiger partial charge in [0.25, 0.3) is 0 Å². The quantitative estimate of drug-likeness (QED) is 0.658. The minimum atomic E-state index is -0.363. The van der Waals surface area contributed by atoms with Gasteiger partial charge >= 0.3 is 5.69 Å². The number of rotatable bonds is 2. The van der Waals surface area contributed by atoms with Gasteiger partial charge in [0, 0.05) is 0 Å². The molecule has 2 aromatic rings. The van der Waals surface area contributed by atoms with Crippen LogP contribution in [0.25, 0.3) is 11.0 Å². The van der Waals surface area contributed by atoms with Crippen molar-refractivity contribution >= 4 is 11.0 Å². The summed E-state index contributed by atoms with van der Waals surface area (Å²) in [5, 5.41) is 9.20. The maximum Gasteiger partial charge on any atom is 0.323 e. The number of nitrogens with one attached hydrogen (secondary N) is 2. The molecule has 74 valence electrons. The highest BCUT2D eigenvalue weighted by atomic mass is 16.3. The Bertz CT molecular complexity index is 496. The van der Waals surface area contributed by atoms with Gasteiger partial charge in [0.2, 0.25) is 0 Å². The third-order valence-electron chi connectivity index (χ3n) is 2.11. The second-order valence-electron chi connectivity index (χ2n) is 3.51. The first kappa shape index (κ1) is 9.02. The summed E-state index contributed by atoms with van der Waals surface area (Å²) in [5.41, 5.74) is 2.40. The number of aliphatic hydroxyl groups excluding tert-OH is 1. The molecule has 0 saturated heterocycles. The summed E-state index contributed by atoms with van der Waals surface area (Å²) in [4.78, 5) is 16.3. The molecule has 4 nitrogen and oxygen atoms in total. The van der Waals surface area contributed by atoms with Gasteiger partial charge < -0.3 is 15.1 Å². The summed E-state index contributed by atoms with van der Waals surface area (Å²) in [6.07, 6.45) is 0.237. The molecule has 0 saturated carbocycles. The van der Waals surface area contributed by atoms with Crippen molar-refractivity contribution in [1.29, 1.82) is 0 Å². The minimum Gasteiger partial charge on any atom is -0.393 e. The fraction of sp³-hybridized carbons (Fsp3) is 0.300. The summed E-state index contributed by atoms with van der Waals surface area (Å²) < 4.78 is 0. The molecular formula is C10H12N2O2. The first-order chi connectivity index (χ1) is 6.65. The van der Waals surface area contributed by atoms with Gasteiger partial charge in [-0.2, -0.15) is 0 Å². The van der Waals surface area contributed by atoms with E-state index in [1.807, 2.05) is 18.2 Å². The molecule has 1 aromatic carbocycles. The number of hydrogen-bond acceptors (Lipinski definition) is 2. The van der Waals surface area contributed by atoms with Crippen molar-refractivity contribution in [2.45, 2.75) is 19.4 Å². The number of aromatic amines is 2. The molecule has 1 heterocycles. The molecule has 0 fully saturated rings. The van der Waals surface area contributed by atoms with Crippen LogP contribution in [0, 0.1) is 0 Å². The third-order valence-corrected chi connectivity index (χ3v) is 2.11. The number of aliphatic hydroxyl groups is 1. The summed E-state index contributed by atoms with van der Waals surface area (Å²) in [5.74, 6) is 0. The van der Waals surface area contributed by atoms with E-state index < -0.39 is 0 Å². The van der Waals surface area contributed by atoms with Crippen LogP contribution >= 0.6 is 0 Å². The molecule has 4 heteroatoms. The normalized spacial score (nSPS) is 13.3. The number of imidazole rings is 1. The van der Waals surface area contributed by atoms with Gasteiger partial charge in [-0.3, -0.25) is 0 Å². The molecule has 2 rings (SSSR count). The highest BCUT2D eigenvalue weighted by molar-refractivity contribution is 5.74. The Morgan fingerprint density at radius 1 is 1.36 bits per heavy atom. The number of H-pyrrole nitrogens is 2. The van der Waals surface area contributed by atoms with Gasteiger partial charge in [-0.05, 0) is 31.0 Å². The second-order valence-corrected chi connectivity index (χ2v) is 3.51. The lowest BCUT2D eigenvalue weighted by Gasteiger charge is -2.03. The van der Waals surface area contributed by atoms with Crippen LogP contribution in [0.3, 0.4) is 0 Å². The number of fused-ring (bicyclic) bond motifs is 1. The van der Waals surface area contributed by atoms with Crippen LogP contribution in [-0.2, 0) is 6.42 Å². The molecule has 1 aromatic heterocycles. The molecule has 0 radical (unpaired) electrons. The summed E-state index contributed by atoms with van der Waals surface area (Å²) in [6.45, 7) is 1.74. The molecule has 0 amide bonds. The molecule has 0 aliphatic rings. The molecule has 1 atom stereocenters. The zero-order valence-electron chi connectivity index (χ0n) is 7.87. The van der Waals surface area contributed by atoms with Crippen molar-refractivity contribution in [2.24, 2.45) is 0 Å². The number of hydrogen-bond donors (Lipinski definition) is 3. The molecule has 14 heavy (non-hydrogen) atoms. The Kier molecular flexibility index (Phi) is 2.13. The SMILES string of the molecule is CC(O)Cc1ccc2[nH]c(=O)[nH]c2c1. The molecule has 0 aliphatic heterocycles. The van der Waals surface area contributed by atoms with Crippen LogP contribution in [0.5, 0.6) is 0 Å². The predicted octanol–water partition coefficient (Wildman–Crippen LogP) is 0.780. The summed E-state index contributed by atoms with van der Waals surface area (Å²) in [7, 11) is 0. The molecule has 1 unspecified atom stereocenters. The van der Waals surface area contributed by atoms with Crippen LogP contribution in [0.4, 0.5) is 0 Å². The van der Waals surface area contributed by atoms with Gasteiger partial charge in [0.15, 0.2) is 0 Å². The first-order valence-electron chi connectivity index (χ1n) is 4.54. The second kappa shape index (κ2) is 3.31. The van der Waals surface area contributed by atoms with Crippen LogP contribution in [0.15, 0.2) is 23.0 Å². The highest BCUT2D eigenvalue weighted by Crippen LogP contribution is 2.11. The summed E-state index contributed by atoms with van der Waals surface area (Å²) >= 11 is 0. The first-order valence-corrected chi connectivity index (χ1v) is 4.54. The van der Waals surface area contributed by atoms with Crippen LogP contribution in [0.1, 0.15) is 12.5 Å². The van der Waals surface area contributed by atoms with Gasteiger partial charge in [-0.25, -0.2) is 4.79 Å². The lowest BCUT2D eigenvalue weighted by Crippen LogP contribution is -2.03. The third kappa shape index (κ3) is 1.70. The number of benzene rings is 1. The highest BCUT2D eigenvalue weighted by Gasteiger charge is 2.02. The van der Waals surface area contributed by atoms with E-state index in [0.717, 1.165) is 16.6 Å². The van der Waals surface area contributed by atoms with Crippen molar-refractivity contribution in [3.05, 3.63) is 34.2 Å². The minimum absolute atomic E-state index is 0.200. The molecular weight excluding hydrogens is 180 g/mol. The maximum absolute atomic E-state index is 11.0.